The van der Waals surface area contributed by atoms with Crippen LogP contribution in [0.4, 0.5) is 13.2 Å². The number of hydrogen-bond donors (Lipinski definition) is 1. The van der Waals surface area contributed by atoms with Crippen molar-refractivity contribution in [2.24, 2.45) is 5.92 Å². The van der Waals surface area contributed by atoms with E-state index in [1.54, 1.807) is 18.2 Å². The fourth-order valence-electron chi connectivity index (χ4n) is 3.68. The molecule has 1 N–H and O–H groups in total. The molecule has 2 atom stereocenters. The van der Waals surface area contributed by atoms with E-state index < -0.39 is 18.1 Å². The van der Waals surface area contributed by atoms with Gasteiger partial charge in [0, 0.05) is 17.1 Å². The number of halogens is 3. The molecule has 0 spiro atoms. The van der Waals surface area contributed by atoms with Crippen LogP contribution in [0.1, 0.15) is 28.4 Å². The summed E-state index contributed by atoms with van der Waals surface area (Å²) >= 11 is 0. The van der Waals surface area contributed by atoms with Crippen LogP contribution < -0.4 is 4.74 Å². The normalized spacial score (nSPS) is 18.3. The molecule has 6 nitrogen and oxygen atoms in total. The molecular weight excluding hydrogens is 403 g/mol. The fourth-order valence-corrected chi connectivity index (χ4v) is 3.68. The van der Waals surface area contributed by atoms with Gasteiger partial charge in [-0.1, -0.05) is 12.1 Å². The molecule has 156 valence electrons. The first-order valence-corrected chi connectivity index (χ1v) is 9.00. The molecule has 4 rings (SSSR count). The Balaban J connectivity index is 1.80. The van der Waals surface area contributed by atoms with Gasteiger partial charge in [0.15, 0.2) is 0 Å². The summed E-state index contributed by atoms with van der Waals surface area (Å²) in [7, 11) is 1.32. The number of carboxylic acid groups (broad SMARTS) is 1. The lowest BCUT2D eigenvalue weighted by molar-refractivity contribution is -0.274. The van der Waals surface area contributed by atoms with Crippen molar-refractivity contribution in [3.63, 3.8) is 0 Å². The molecule has 2 unspecified atom stereocenters. The Hall–Kier alpha value is -3.49. The summed E-state index contributed by atoms with van der Waals surface area (Å²) in [6.45, 7) is 0. The average molecular weight is 419 g/mol. The van der Waals surface area contributed by atoms with Gasteiger partial charge in [-0.15, -0.1) is 13.2 Å². The number of carbonyl (C=O) groups is 2. The predicted octanol–water partition coefficient (Wildman–Crippen LogP) is 4.50. The zero-order valence-corrected chi connectivity index (χ0v) is 15.6. The highest BCUT2D eigenvalue weighted by molar-refractivity contribution is 5.96. The zero-order chi connectivity index (χ0) is 21.6. The Bertz CT molecular complexity index is 1150. The number of rotatable bonds is 5. The van der Waals surface area contributed by atoms with Crippen molar-refractivity contribution in [1.29, 1.82) is 0 Å². The molecule has 0 aliphatic heterocycles. The number of aromatic carboxylic acids is 1. The van der Waals surface area contributed by atoms with Crippen molar-refractivity contribution in [3.05, 3.63) is 59.8 Å². The molecule has 0 saturated heterocycles. The van der Waals surface area contributed by atoms with Gasteiger partial charge < -0.3 is 19.1 Å². The molecule has 0 bridgehead atoms. The molecule has 2 aromatic carbocycles. The first-order chi connectivity index (χ1) is 14.2. The molecule has 30 heavy (non-hydrogen) atoms. The number of ether oxygens (including phenoxy) is 2. The van der Waals surface area contributed by atoms with Crippen LogP contribution in [0.3, 0.4) is 0 Å². The molecule has 3 aromatic rings. The van der Waals surface area contributed by atoms with Crippen LogP contribution in [-0.2, 0) is 9.53 Å². The van der Waals surface area contributed by atoms with E-state index in [-0.39, 0.29) is 29.0 Å². The minimum absolute atomic E-state index is 0.0448. The Morgan fingerprint density at radius 2 is 1.90 bits per heavy atom. The lowest BCUT2D eigenvalue weighted by atomic mass is 10.1. The number of methoxy groups -OCH3 is 1. The number of carboxylic acids is 1. The van der Waals surface area contributed by atoms with Crippen LogP contribution in [0.25, 0.3) is 16.6 Å². The number of benzene rings is 2. The molecule has 1 aromatic heterocycles. The van der Waals surface area contributed by atoms with Gasteiger partial charge in [0.1, 0.15) is 11.4 Å². The lowest BCUT2D eigenvalue weighted by Crippen LogP contribution is -2.17. The van der Waals surface area contributed by atoms with E-state index in [1.165, 1.54) is 23.8 Å². The minimum atomic E-state index is -4.87. The topological polar surface area (TPSA) is 77.8 Å². The van der Waals surface area contributed by atoms with Crippen LogP contribution in [0.2, 0.25) is 0 Å². The lowest BCUT2D eigenvalue weighted by Gasteiger charge is -2.12. The van der Waals surface area contributed by atoms with Gasteiger partial charge in [0.05, 0.1) is 18.5 Å². The predicted molar refractivity (Wildman–Crippen MR) is 99.8 cm³/mol. The van der Waals surface area contributed by atoms with Crippen molar-refractivity contribution < 1.29 is 37.3 Å². The van der Waals surface area contributed by atoms with Gasteiger partial charge in [-0.3, -0.25) is 4.79 Å². The fraction of sp³-hybridized carbons (Fsp3) is 0.238. The first-order valence-electron chi connectivity index (χ1n) is 9.00. The molecule has 1 saturated carbocycles. The highest BCUT2D eigenvalue weighted by Crippen LogP contribution is 2.48. The van der Waals surface area contributed by atoms with Gasteiger partial charge in [-0.05, 0) is 48.2 Å². The second kappa shape index (κ2) is 7.08. The average Bonchev–Trinajstić information content (AvgIpc) is 3.40. The van der Waals surface area contributed by atoms with Crippen molar-refractivity contribution >= 4 is 22.8 Å². The Kier molecular flexibility index (Phi) is 4.68. The maximum atomic E-state index is 12.6. The van der Waals surface area contributed by atoms with Crippen LogP contribution in [0, 0.1) is 5.92 Å². The highest BCUT2D eigenvalue weighted by Gasteiger charge is 2.45. The monoisotopic (exact) mass is 419 g/mol. The van der Waals surface area contributed by atoms with Crippen molar-refractivity contribution in [3.8, 4) is 11.4 Å². The van der Waals surface area contributed by atoms with Crippen LogP contribution >= 0.6 is 0 Å². The summed E-state index contributed by atoms with van der Waals surface area (Å²) in [6.07, 6.45) is -4.24. The zero-order valence-electron chi connectivity index (χ0n) is 15.6. The van der Waals surface area contributed by atoms with Crippen molar-refractivity contribution in [2.45, 2.75) is 18.7 Å². The van der Waals surface area contributed by atoms with Gasteiger partial charge in [-0.2, -0.15) is 0 Å². The van der Waals surface area contributed by atoms with Crippen LogP contribution in [0.15, 0.2) is 48.5 Å². The summed E-state index contributed by atoms with van der Waals surface area (Å²) in [5.74, 6) is -2.28. The summed E-state index contributed by atoms with van der Waals surface area (Å²) in [5.41, 5.74) is 1.43. The third-order valence-corrected chi connectivity index (χ3v) is 5.08. The van der Waals surface area contributed by atoms with Gasteiger partial charge >= 0.3 is 18.3 Å². The molecule has 1 aliphatic carbocycles. The van der Waals surface area contributed by atoms with Gasteiger partial charge in [-0.25, -0.2) is 4.79 Å². The number of esters is 1. The third kappa shape index (κ3) is 3.70. The largest absolute Gasteiger partial charge is 0.573 e. The SMILES string of the molecule is COC(=O)C1CC1c1cccc(-n2c(C(=O)O)cc3ccc(OC(F)(F)F)cc32)c1. The van der Waals surface area contributed by atoms with Gasteiger partial charge in [0.25, 0.3) is 0 Å². The standard InChI is InChI=1S/C21H16F3NO5/c1-29-20(28)16-10-15(16)11-3-2-4-13(7-11)25-17-9-14(30-21(22,23)24)6-5-12(17)8-18(25)19(26)27/h2-9,15-16H,10H2,1H3,(H,26,27). The molecular formula is C21H16F3NO5. The van der Waals surface area contributed by atoms with E-state index in [2.05, 4.69) is 4.74 Å². The van der Waals surface area contributed by atoms with Crippen molar-refractivity contribution in [2.75, 3.05) is 7.11 Å². The molecule has 1 heterocycles. The Labute approximate surface area is 168 Å². The van der Waals surface area contributed by atoms with E-state index in [4.69, 9.17) is 4.74 Å². The number of fused-ring (bicyclic) bond motifs is 1. The molecule has 0 amide bonds. The second-order valence-electron chi connectivity index (χ2n) is 7.01. The molecule has 1 fully saturated rings. The first kappa shape index (κ1) is 19.8. The van der Waals surface area contributed by atoms with Gasteiger partial charge in [0.2, 0.25) is 0 Å². The number of nitrogens with zero attached hydrogens (tertiary/aromatic N) is 1. The maximum Gasteiger partial charge on any atom is 0.573 e. The number of hydrogen-bond acceptors (Lipinski definition) is 4. The van der Waals surface area contributed by atoms with E-state index >= 15 is 0 Å². The molecule has 0 radical (unpaired) electrons. The Morgan fingerprint density at radius 3 is 2.57 bits per heavy atom. The third-order valence-electron chi connectivity index (χ3n) is 5.08. The number of alkyl halides is 3. The quantitative estimate of drug-likeness (QED) is 0.616. The molecule has 9 heteroatoms. The minimum Gasteiger partial charge on any atom is -0.477 e. The van der Waals surface area contributed by atoms with E-state index in [0.29, 0.717) is 17.5 Å². The summed E-state index contributed by atoms with van der Waals surface area (Å²) in [4.78, 5) is 23.5. The maximum absolute atomic E-state index is 12.6. The van der Waals surface area contributed by atoms with E-state index in [9.17, 15) is 27.9 Å². The summed E-state index contributed by atoms with van der Waals surface area (Å²) in [5, 5.41) is 10.1. The van der Waals surface area contributed by atoms with E-state index in [1.807, 2.05) is 6.07 Å². The summed E-state index contributed by atoms with van der Waals surface area (Å²) < 4.78 is 48.0. The highest BCUT2D eigenvalue weighted by atomic mass is 19.4. The van der Waals surface area contributed by atoms with E-state index in [0.717, 1.165) is 17.7 Å². The molecule has 1 aliphatic rings. The Morgan fingerprint density at radius 1 is 1.13 bits per heavy atom. The van der Waals surface area contributed by atoms with Crippen LogP contribution in [0.5, 0.6) is 5.75 Å². The van der Waals surface area contributed by atoms with Crippen molar-refractivity contribution in [1.82, 2.24) is 4.57 Å². The summed E-state index contributed by atoms with van der Waals surface area (Å²) in [6, 6.07) is 12.0. The number of aromatic nitrogens is 1. The number of carbonyl (C=O) groups excluding carboxylic acids is 1. The van der Waals surface area contributed by atoms with Crippen LogP contribution in [-0.4, -0.2) is 35.1 Å². The second-order valence-corrected chi connectivity index (χ2v) is 7.01. The smallest absolute Gasteiger partial charge is 0.477 e.